The van der Waals surface area contributed by atoms with Gasteiger partial charge < -0.3 is 10.4 Å². The first-order valence-corrected chi connectivity index (χ1v) is 6.08. The van der Waals surface area contributed by atoms with Gasteiger partial charge in [0.05, 0.1) is 11.1 Å². The van der Waals surface area contributed by atoms with E-state index in [0.29, 0.717) is 13.0 Å². The van der Waals surface area contributed by atoms with Gasteiger partial charge in [0.2, 0.25) is 5.91 Å². The van der Waals surface area contributed by atoms with Gasteiger partial charge in [-0.1, -0.05) is 0 Å². The number of aromatic hydroxyl groups is 1. The predicted octanol–water partition coefficient (Wildman–Crippen LogP) is 0.267. The number of piperidine rings is 1. The Kier molecular flexibility index (Phi) is 2.51. The van der Waals surface area contributed by atoms with E-state index < -0.39 is 17.9 Å². The van der Waals surface area contributed by atoms with Crippen LogP contribution in [0.25, 0.3) is 0 Å². The summed E-state index contributed by atoms with van der Waals surface area (Å²) in [6, 6.07) is 3.28. The number of nitrogens with one attached hydrogen (secondary N) is 1. The number of rotatable bonds is 1. The standard InChI is InChI=1S/C13H12N2O4/c16-7-3-4-8-9(6-7)13(19)15(12(8)18)10-2-1-5-14-11(10)17/h3-4,6,10,16H,1-2,5H2,(H,14,17)/t10-/m0/s1. The Morgan fingerprint density at radius 1 is 1.16 bits per heavy atom. The largest absolute Gasteiger partial charge is 0.508 e. The van der Waals surface area contributed by atoms with Crippen molar-refractivity contribution in [1.29, 1.82) is 0 Å². The number of hydrogen-bond acceptors (Lipinski definition) is 4. The third-order valence-electron chi connectivity index (χ3n) is 3.47. The Labute approximate surface area is 109 Å². The van der Waals surface area contributed by atoms with E-state index in [9.17, 15) is 19.5 Å². The van der Waals surface area contributed by atoms with Gasteiger partial charge in [0, 0.05) is 6.54 Å². The molecule has 6 heteroatoms. The molecule has 1 saturated heterocycles. The zero-order chi connectivity index (χ0) is 13.6. The van der Waals surface area contributed by atoms with Crippen molar-refractivity contribution in [2.24, 2.45) is 0 Å². The highest BCUT2D eigenvalue weighted by molar-refractivity contribution is 6.23. The number of fused-ring (bicyclic) bond motifs is 1. The topological polar surface area (TPSA) is 86.7 Å². The lowest BCUT2D eigenvalue weighted by Crippen LogP contribution is -2.52. The van der Waals surface area contributed by atoms with E-state index in [1.54, 1.807) is 0 Å². The molecule has 0 bridgehead atoms. The lowest BCUT2D eigenvalue weighted by Gasteiger charge is -2.28. The molecule has 2 N–H and O–H groups in total. The van der Waals surface area contributed by atoms with E-state index >= 15 is 0 Å². The fourth-order valence-electron chi connectivity index (χ4n) is 2.53. The van der Waals surface area contributed by atoms with Crippen LogP contribution in [0.15, 0.2) is 18.2 Å². The Balaban J connectivity index is 2.00. The van der Waals surface area contributed by atoms with Crippen molar-refractivity contribution in [1.82, 2.24) is 10.2 Å². The summed E-state index contributed by atoms with van der Waals surface area (Å²) < 4.78 is 0. The van der Waals surface area contributed by atoms with Gasteiger partial charge in [-0.05, 0) is 31.0 Å². The first-order valence-electron chi connectivity index (χ1n) is 6.08. The molecular weight excluding hydrogens is 248 g/mol. The summed E-state index contributed by atoms with van der Waals surface area (Å²) in [5.74, 6) is -1.36. The normalized spacial score (nSPS) is 22.4. The SMILES string of the molecule is O=C1NCCC[C@@H]1N1C(=O)c2ccc(O)cc2C1=O. The number of carbonyl (C=O) groups excluding carboxylic acids is 3. The minimum atomic E-state index is -0.747. The van der Waals surface area contributed by atoms with Gasteiger partial charge in [-0.15, -0.1) is 0 Å². The monoisotopic (exact) mass is 260 g/mol. The maximum absolute atomic E-state index is 12.2. The average molecular weight is 260 g/mol. The van der Waals surface area contributed by atoms with Gasteiger partial charge in [-0.2, -0.15) is 0 Å². The highest BCUT2D eigenvalue weighted by atomic mass is 16.3. The maximum Gasteiger partial charge on any atom is 0.262 e. The molecule has 0 saturated carbocycles. The van der Waals surface area contributed by atoms with Gasteiger partial charge in [0.15, 0.2) is 0 Å². The second kappa shape index (κ2) is 4.08. The van der Waals surface area contributed by atoms with Gasteiger partial charge >= 0.3 is 0 Å². The highest BCUT2D eigenvalue weighted by Gasteiger charge is 2.43. The molecule has 98 valence electrons. The molecule has 0 unspecified atom stereocenters. The molecule has 1 atom stereocenters. The number of benzene rings is 1. The molecule has 0 radical (unpaired) electrons. The summed E-state index contributed by atoms with van der Waals surface area (Å²) in [4.78, 5) is 37.2. The summed E-state index contributed by atoms with van der Waals surface area (Å²) in [5, 5.41) is 12.0. The second-order valence-corrected chi connectivity index (χ2v) is 4.66. The molecular formula is C13H12N2O4. The number of phenols is 1. The number of amides is 3. The van der Waals surface area contributed by atoms with Crippen molar-refractivity contribution < 1.29 is 19.5 Å². The third-order valence-corrected chi connectivity index (χ3v) is 3.47. The average Bonchev–Trinajstić information content (AvgIpc) is 2.63. The Morgan fingerprint density at radius 3 is 2.63 bits per heavy atom. The van der Waals surface area contributed by atoms with Crippen LogP contribution < -0.4 is 5.32 Å². The molecule has 3 rings (SSSR count). The Hall–Kier alpha value is -2.37. The van der Waals surface area contributed by atoms with E-state index in [1.807, 2.05) is 0 Å². The Bertz CT molecular complexity index is 596. The quantitative estimate of drug-likeness (QED) is 0.709. The van der Waals surface area contributed by atoms with Crippen LogP contribution in [-0.2, 0) is 4.79 Å². The third kappa shape index (κ3) is 1.68. The van der Waals surface area contributed by atoms with Crippen LogP contribution in [0.2, 0.25) is 0 Å². The van der Waals surface area contributed by atoms with E-state index in [1.165, 1.54) is 18.2 Å². The highest BCUT2D eigenvalue weighted by Crippen LogP contribution is 2.29. The van der Waals surface area contributed by atoms with Crippen molar-refractivity contribution in [3.63, 3.8) is 0 Å². The van der Waals surface area contributed by atoms with Crippen molar-refractivity contribution in [2.75, 3.05) is 6.54 Å². The molecule has 0 aromatic heterocycles. The minimum absolute atomic E-state index is 0.0742. The summed E-state index contributed by atoms with van der Waals surface area (Å²) in [6.07, 6.45) is 1.21. The molecule has 1 fully saturated rings. The van der Waals surface area contributed by atoms with Crippen LogP contribution in [0.3, 0.4) is 0 Å². The first kappa shape index (κ1) is 11.7. The van der Waals surface area contributed by atoms with Crippen LogP contribution in [0.5, 0.6) is 5.75 Å². The number of nitrogens with zero attached hydrogens (tertiary/aromatic N) is 1. The van der Waals surface area contributed by atoms with Gasteiger partial charge in [0.25, 0.3) is 11.8 Å². The van der Waals surface area contributed by atoms with Crippen LogP contribution in [-0.4, -0.2) is 40.3 Å². The molecule has 0 aliphatic carbocycles. The van der Waals surface area contributed by atoms with Crippen molar-refractivity contribution >= 4 is 17.7 Å². The summed E-state index contributed by atoms with van der Waals surface area (Å²) in [6.45, 7) is 0.569. The second-order valence-electron chi connectivity index (χ2n) is 4.66. The lowest BCUT2D eigenvalue weighted by atomic mass is 10.1. The number of phenolic OH excluding ortho intramolecular Hbond substituents is 1. The smallest absolute Gasteiger partial charge is 0.262 e. The molecule has 1 aromatic carbocycles. The first-order chi connectivity index (χ1) is 9.09. The zero-order valence-corrected chi connectivity index (χ0v) is 10.0. The molecule has 6 nitrogen and oxygen atoms in total. The van der Waals surface area contributed by atoms with E-state index in [4.69, 9.17) is 0 Å². The fourth-order valence-corrected chi connectivity index (χ4v) is 2.53. The van der Waals surface area contributed by atoms with E-state index in [2.05, 4.69) is 5.32 Å². The molecule has 1 aromatic rings. The van der Waals surface area contributed by atoms with Crippen molar-refractivity contribution in [3.8, 4) is 5.75 Å². The predicted molar refractivity (Wildman–Crippen MR) is 64.6 cm³/mol. The summed E-state index contributed by atoms with van der Waals surface area (Å²) >= 11 is 0. The fraction of sp³-hybridized carbons (Fsp3) is 0.308. The molecule has 0 spiro atoms. The molecule has 2 aliphatic heterocycles. The molecule has 3 amide bonds. The summed E-state index contributed by atoms with van der Waals surface area (Å²) in [5.41, 5.74) is 0.393. The van der Waals surface area contributed by atoms with E-state index in [-0.39, 0.29) is 22.8 Å². The van der Waals surface area contributed by atoms with Crippen molar-refractivity contribution in [2.45, 2.75) is 18.9 Å². The van der Waals surface area contributed by atoms with Crippen LogP contribution >= 0.6 is 0 Å². The van der Waals surface area contributed by atoms with Gasteiger partial charge in [-0.3, -0.25) is 19.3 Å². The molecule has 19 heavy (non-hydrogen) atoms. The lowest BCUT2D eigenvalue weighted by molar-refractivity contribution is -0.126. The number of hydrogen-bond donors (Lipinski definition) is 2. The number of carbonyl (C=O) groups is 3. The van der Waals surface area contributed by atoms with Crippen LogP contribution in [0.4, 0.5) is 0 Å². The molecule has 2 heterocycles. The van der Waals surface area contributed by atoms with Gasteiger partial charge in [-0.25, -0.2) is 0 Å². The minimum Gasteiger partial charge on any atom is -0.508 e. The Morgan fingerprint density at radius 2 is 1.89 bits per heavy atom. The summed E-state index contributed by atoms with van der Waals surface area (Å²) in [7, 11) is 0. The maximum atomic E-state index is 12.2. The number of imide groups is 1. The van der Waals surface area contributed by atoms with Crippen LogP contribution in [0, 0.1) is 0 Å². The molecule has 2 aliphatic rings. The van der Waals surface area contributed by atoms with Crippen molar-refractivity contribution in [3.05, 3.63) is 29.3 Å². The van der Waals surface area contributed by atoms with Crippen LogP contribution in [0.1, 0.15) is 33.6 Å². The van der Waals surface area contributed by atoms with E-state index in [0.717, 1.165) is 11.3 Å². The zero-order valence-electron chi connectivity index (χ0n) is 10.0. The van der Waals surface area contributed by atoms with Gasteiger partial charge in [0.1, 0.15) is 11.8 Å².